The average Bonchev–Trinajstić information content (AvgIpc) is 2.89. The van der Waals surface area contributed by atoms with E-state index in [2.05, 4.69) is 14.7 Å². The first-order valence-corrected chi connectivity index (χ1v) is 6.32. The van der Waals surface area contributed by atoms with Crippen LogP contribution in [0.5, 0.6) is 5.75 Å². The first kappa shape index (κ1) is 14.5. The van der Waals surface area contributed by atoms with Crippen LogP contribution in [0.2, 0.25) is 0 Å². The highest BCUT2D eigenvalue weighted by atomic mass is 19.3. The average molecular weight is 281 g/mol. The van der Waals surface area contributed by atoms with Gasteiger partial charge in [-0.2, -0.15) is 8.78 Å². The van der Waals surface area contributed by atoms with Crippen LogP contribution in [0.15, 0.2) is 30.5 Å². The summed E-state index contributed by atoms with van der Waals surface area (Å²) in [7, 11) is 0. The van der Waals surface area contributed by atoms with E-state index in [0.29, 0.717) is 5.82 Å². The molecular formula is C14H17F2N3O. The van der Waals surface area contributed by atoms with Gasteiger partial charge in [-0.15, -0.1) is 0 Å². The van der Waals surface area contributed by atoms with Gasteiger partial charge in [0.25, 0.3) is 0 Å². The number of hydrogen-bond acceptors (Lipinski definition) is 3. The fourth-order valence-corrected chi connectivity index (χ4v) is 1.74. The SMILES string of the molecule is CCC(C)(N)c1ncc(-c2ccc(OC(F)F)cc2)[nH]1. The van der Waals surface area contributed by atoms with Crippen LogP contribution in [-0.4, -0.2) is 16.6 Å². The molecule has 0 amide bonds. The summed E-state index contributed by atoms with van der Waals surface area (Å²) in [6, 6.07) is 6.36. The van der Waals surface area contributed by atoms with Gasteiger partial charge in [-0.05, 0) is 43.2 Å². The van der Waals surface area contributed by atoms with Crippen LogP contribution in [0.25, 0.3) is 11.3 Å². The van der Waals surface area contributed by atoms with Crippen LogP contribution in [-0.2, 0) is 5.54 Å². The predicted octanol–water partition coefficient (Wildman–Crippen LogP) is 3.26. The number of aromatic nitrogens is 2. The molecule has 4 nitrogen and oxygen atoms in total. The van der Waals surface area contributed by atoms with Crippen molar-refractivity contribution in [1.29, 1.82) is 0 Å². The van der Waals surface area contributed by atoms with Gasteiger partial charge in [0.2, 0.25) is 0 Å². The first-order valence-electron chi connectivity index (χ1n) is 6.32. The third-order valence-corrected chi connectivity index (χ3v) is 3.24. The lowest BCUT2D eigenvalue weighted by Gasteiger charge is -2.19. The number of hydrogen-bond donors (Lipinski definition) is 2. The van der Waals surface area contributed by atoms with Crippen molar-refractivity contribution in [2.24, 2.45) is 5.73 Å². The fraction of sp³-hybridized carbons (Fsp3) is 0.357. The van der Waals surface area contributed by atoms with Crippen LogP contribution < -0.4 is 10.5 Å². The van der Waals surface area contributed by atoms with Gasteiger partial charge in [-0.3, -0.25) is 0 Å². The minimum absolute atomic E-state index is 0.126. The predicted molar refractivity (Wildman–Crippen MR) is 72.5 cm³/mol. The van der Waals surface area contributed by atoms with Crippen LogP contribution >= 0.6 is 0 Å². The van der Waals surface area contributed by atoms with Crippen LogP contribution in [0.4, 0.5) is 8.78 Å². The number of nitrogens with one attached hydrogen (secondary N) is 1. The maximum Gasteiger partial charge on any atom is 0.387 e. The van der Waals surface area contributed by atoms with Crippen molar-refractivity contribution in [2.45, 2.75) is 32.4 Å². The number of aromatic amines is 1. The van der Waals surface area contributed by atoms with Crippen molar-refractivity contribution in [3.05, 3.63) is 36.3 Å². The van der Waals surface area contributed by atoms with Crippen LogP contribution in [0, 0.1) is 0 Å². The molecule has 6 heteroatoms. The zero-order chi connectivity index (χ0) is 14.8. The second-order valence-electron chi connectivity index (χ2n) is 4.82. The van der Waals surface area contributed by atoms with E-state index in [4.69, 9.17) is 5.73 Å². The summed E-state index contributed by atoms with van der Waals surface area (Å²) >= 11 is 0. The number of imidazole rings is 1. The number of rotatable bonds is 5. The van der Waals surface area contributed by atoms with E-state index in [1.807, 2.05) is 13.8 Å². The second kappa shape index (κ2) is 5.58. The molecular weight excluding hydrogens is 264 g/mol. The van der Waals surface area contributed by atoms with Crippen molar-refractivity contribution in [1.82, 2.24) is 9.97 Å². The number of ether oxygens (including phenoxy) is 1. The maximum absolute atomic E-state index is 12.1. The quantitative estimate of drug-likeness (QED) is 0.884. The molecule has 0 saturated carbocycles. The van der Waals surface area contributed by atoms with Gasteiger partial charge in [-0.25, -0.2) is 4.98 Å². The lowest BCUT2D eigenvalue weighted by molar-refractivity contribution is -0.0498. The monoisotopic (exact) mass is 281 g/mol. The molecule has 1 aromatic heterocycles. The number of nitrogens with two attached hydrogens (primary N) is 1. The van der Waals surface area contributed by atoms with Crippen LogP contribution in [0.1, 0.15) is 26.1 Å². The third kappa shape index (κ3) is 3.14. The van der Waals surface area contributed by atoms with Gasteiger partial charge in [0.15, 0.2) is 0 Å². The summed E-state index contributed by atoms with van der Waals surface area (Å²) in [4.78, 5) is 7.43. The molecule has 0 aliphatic heterocycles. The van der Waals surface area contributed by atoms with E-state index < -0.39 is 12.2 Å². The zero-order valence-corrected chi connectivity index (χ0v) is 11.4. The molecule has 0 saturated heterocycles. The number of alkyl halides is 2. The van der Waals surface area contributed by atoms with Crippen molar-refractivity contribution < 1.29 is 13.5 Å². The van der Waals surface area contributed by atoms with Gasteiger partial charge in [0, 0.05) is 0 Å². The molecule has 1 aromatic carbocycles. The number of H-pyrrole nitrogens is 1. The Balaban J connectivity index is 2.20. The van der Waals surface area contributed by atoms with Gasteiger partial charge < -0.3 is 15.5 Å². The van der Waals surface area contributed by atoms with Gasteiger partial charge >= 0.3 is 6.61 Å². The molecule has 0 fully saturated rings. The smallest absolute Gasteiger partial charge is 0.387 e. The Bertz CT molecular complexity index is 564. The molecule has 0 aliphatic carbocycles. The molecule has 3 N–H and O–H groups in total. The molecule has 0 bridgehead atoms. The van der Waals surface area contributed by atoms with E-state index in [1.165, 1.54) is 12.1 Å². The Kier molecular flexibility index (Phi) is 4.04. The van der Waals surface area contributed by atoms with E-state index in [-0.39, 0.29) is 5.75 Å². The zero-order valence-electron chi connectivity index (χ0n) is 11.4. The highest BCUT2D eigenvalue weighted by molar-refractivity contribution is 5.59. The minimum Gasteiger partial charge on any atom is -0.435 e. The van der Waals surface area contributed by atoms with Crippen molar-refractivity contribution >= 4 is 0 Å². The maximum atomic E-state index is 12.1. The summed E-state index contributed by atoms with van der Waals surface area (Å²) in [6.07, 6.45) is 2.43. The highest BCUT2D eigenvalue weighted by Crippen LogP contribution is 2.25. The number of halogens is 2. The molecule has 1 heterocycles. The third-order valence-electron chi connectivity index (χ3n) is 3.24. The molecule has 2 rings (SSSR count). The lowest BCUT2D eigenvalue weighted by atomic mass is 10.00. The van der Waals surface area contributed by atoms with Crippen LogP contribution in [0.3, 0.4) is 0 Å². The fourth-order valence-electron chi connectivity index (χ4n) is 1.74. The van der Waals surface area contributed by atoms with E-state index in [9.17, 15) is 8.78 Å². The Morgan fingerprint density at radius 3 is 2.55 bits per heavy atom. The molecule has 20 heavy (non-hydrogen) atoms. The molecule has 0 aliphatic rings. The Morgan fingerprint density at radius 2 is 2.00 bits per heavy atom. The molecule has 1 atom stereocenters. The van der Waals surface area contributed by atoms with Crippen molar-refractivity contribution in [3.63, 3.8) is 0 Å². The van der Waals surface area contributed by atoms with Gasteiger partial charge in [-0.1, -0.05) is 6.92 Å². The normalized spacial score (nSPS) is 14.3. The highest BCUT2D eigenvalue weighted by Gasteiger charge is 2.22. The Hall–Kier alpha value is -1.95. The molecule has 108 valence electrons. The number of benzene rings is 1. The first-order chi connectivity index (χ1) is 9.42. The summed E-state index contributed by atoms with van der Waals surface area (Å²) in [5.41, 5.74) is 7.21. The Morgan fingerprint density at radius 1 is 1.35 bits per heavy atom. The topological polar surface area (TPSA) is 63.9 Å². The van der Waals surface area contributed by atoms with E-state index in [0.717, 1.165) is 17.7 Å². The molecule has 0 spiro atoms. The van der Waals surface area contributed by atoms with Crippen molar-refractivity contribution in [2.75, 3.05) is 0 Å². The summed E-state index contributed by atoms with van der Waals surface area (Å²) < 4.78 is 28.4. The minimum atomic E-state index is -2.82. The summed E-state index contributed by atoms with van der Waals surface area (Å²) in [5.74, 6) is 0.823. The second-order valence-corrected chi connectivity index (χ2v) is 4.82. The largest absolute Gasteiger partial charge is 0.435 e. The Labute approximate surface area is 116 Å². The lowest BCUT2D eigenvalue weighted by Crippen LogP contribution is -2.33. The number of nitrogens with zero attached hydrogens (tertiary/aromatic N) is 1. The van der Waals surface area contributed by atoms with E-state index in [1.54, 1.807) is 18.3 Å². The molecule has 2 aromatic rings. The standard InChI is InChI=1S/C14H17F2N3O/c1-3-14(2,17)12-18-8-11(19-12)9-4-6-10(7-5-9)20-13(15)16/h4-8,13H,3,17H2,1-2H3,(H,18,19). The van der Waals surface area contributed by atoms with Gasteiger partial charge in [0.1, 0.15) is 11.6 Å². The van der Waals surface area contributed by atoms with Gasteiger partial charge in [0.05, 0.1) is 17.4 Å². The van der Waals surface area contributed by atoms with E-state index >= 15 is 0 Å². The molecule has 1 unspecified atom stereocenters. The van der Waals surface area contributed by atoms with Crippen molar-refractivity contribution in [3.8, 4) is 17.0 Å². The summed E-state index contributed by atoms with van der Waals surface area (Å²) in [6.45, 7) is 1.07. The summed E-state index contributed by atoms with van der Waals surface area (Å²) in [5, 5.41) is 0. The molecule has 0 radical (unpaired) electrons.